The number of hydrogen-bond donors (Lipinski definition) is 0. The molecule has 0 aliphatic carbocycles. The molecule has 0 fully saturated rings. The van der Waals surface area contributed by atoms with Gasteiger partial charge in [0, 0.05) is 17.8 Å². The molecule has 0 aliphatic rings. The van der Waals surface area contributed by atoms with E-state index >= 15 is 0 Å². The van der Waals surface area contributed by atoms with Gasteiger partial charge in [-0.25, -0.2) is 0 Å². The summed E-state index contributed by atoms with van der Waals surface area (Å²) in [6, 6.07) is 9.24. The largest absolute Gasteiger partial charge is 0.264 e. The van der Waals surface area contributed by atoms with Crippen LogP contribution >= 0.6 is 0 Å². The Morgan fingerprint density at radius 1 is 1.45 bits per heavy atom. The topological polar surface area (TPSA) is 12.9 Å². The third kappa shape index (κ3) is 1.09. The number of rotatable bonds is 0. The Labute approximate surface area is 65.7 Å². The van der Waals surface area contributed by atoms with Crippen molar-refractivity contribution >= 4 is 10.8 Å². The summed E-state index contributed by atoms with van der Waals surface area (Å²) in [4.78, 5) is 4.03. The van der Waals surface area contributed by atoms with Crippen LogP contribution in [-0.4, -0.2) is 4.98 Å². The summed E-state index contributed by atoms with van der Waals surface area (Å²) in [7, 11) is 0. The second kappa shape index (κ2) is 2.35. The molecule has 0 unspecified atom stereocenters. The van der Waals surface area contributed by atoms with E-state index in [9.17, 15) is 0 Å². The molecule has 0 atom stereocenters. The second-order valence-corrected chi connectivity index (χ2v) is 2.64. The van der Waals surface area contributed by atoms with Gasteiger partial charge in [-0.2, -0.15) is 0 Å². The first-order valence-corrected chi connectivity index (χ1v) is 3.58. The molecule has 1 heteroatoms. The molecule has 0 saturated heterocycles. The highest BCUT2D eigenvalue weighted by Gasteiger charge is 1.90. The van der Waals surface area contributed by atoms with Crippen molar-refractivity contribution < 1.29 is 0 Å². The summed E-state index contributed by atoms with van der Waals surface area (Å²) in [5.74, 6) is 0. The van der Waals surface area contributed by atoms with Crippen LogP contribution in [-0.2, 0) is 0 Å². The second-order valence-electron chi connectivity index (χ2n) is 2.64. The van der Waals surface area contributed by atoms with Crippen molar-refractivity contribution in [3.05, 3.63) is 42.2 Å². The van der Waals surface area contributed by atoms with Crippen LogP contribution < -0.4 is 0 Å². The lowest BCUT2D eigenvalue weighted by atomic mass is 10.1. The monoisotopic (exact) mass is 142 g/mol. The van der Waals surface area contributed by atoms with Crippen molar-refractivity contribution in [3.8, 4) is 0 Å². The number of hydrogen-bond acceptors (Lipinski definition) is 1. The molecule has 1 nitrogen and oxygen atoms in total. The first-order chi connectivity index (χ1) is 5.36. The highest BCUT2D eigenvalue weighted by atomic mass is 14.6. The molecule has 0 spiro atoms. The van der Waals surface area contributed by atoms with Crippen LogP contribution in [0.15, 0.2) is 30.6 Å². The van der Waals surface area contributed by atoms with Gasteiger partial charge in [-0.15, -0.1) is 0 Å². The number of nitrogens with zero attached hydrogens (tertiary/aromatic N) is 1. The van der Waals surface area contributed by atoms with Crippen molar-refractivity contribution in [3.63, 3.8) is 0 Å². The number of aryl methyl sites for hydroxylation is 1. The Morgan fingerprint density at radius 2 is 2.36 bits per heavy atom. The highest BCUT2D eigenvalue weighted by molar-refractivity contribution is 5.81. The summed E-state index contributed by atoms with van der Waals surface area (Å²) < 4.78 is 0. The zero-order chi connectivity index (χ0) is 7.68. The van der Waals surface area contributed by atoms with Crippen LogP contribution in [0.25, 0.3) is 10.8 Å². The van der Waals surface area contributed by atoms with Crippen molar-refractivity contribution in [2.45, 2.75) is 6.92 Å². The van der Waals surface area contributed by atoms with Gasteiger partial charge in [0.05, 0.1) is 0 Å². The SMILES string of the molecule is Cc1c[c]c2ccncc2c1. The lowest BCUT2D eigenvalue weighted by molar-refractivity contribution is 1.36. The number of aromatic nitrogens is 1. The van der Waals surface area contributed by atoms with E-state index in [0.717, 1.165) is 10.8 Å². The Morgan fingerprint density at radius 3 is 3.27 bits per heavy atom. The first kappa shape index (κ1) is 6.35. The predicted octanol–water partition coefficient (Wildman–Crippen LogP) is 2.34. The van der Waals surface area contributed by atoms with Crippen LogP contribution in [0.5, 0.6) is 0 Å². The summed E-state index contributed by atoms with van der Waals surface area (Å²) in [6.45, 7) is 2.06. The molecule has 1 heterocycles. The summed E-state index contributed by atoms with van der Waals surface area (Å²) in [5, 5.41) is 2.29. The quantitative estimate of drug-likeness (QED) is 0.550. The fourth-order valence-corrected chi connectivity index (χ4v) is 1.13. The average Bonchev–Trinajstić information content (AvgIpc) is 2.04. The Balaban J connectivity index is 2.83. The number of benzene rings is 1. The van der Waals surface area contributed by atoms with E-state index in [-0.39, 0.29) is 0 Å². The van der Waals surface area contributed by atoms with E-state index in [2.05, 4.69) is 24.0 Å². The van der Waals surface area contributed by atoms with E-state index in [1.54, 1.807) is 6.20 Å². The van der Waals surface area contributed by atoms with Crippen LogP contribution in [0.2, 0.25) is 0 Å². The minimum absolute atomic E-state index is 1.13. The molecule has 1 aromatic heterocycles. The van der Waals surface area contributed by atoms with E-state index in [0.29, 0.717) is 0 Å². The van der Waals surface area contributed by atoms with Gasteiger partial charge in [0.15, 0.2) is 0 Å². The van der Waals surface area contributed by atoms with Crippen molar-refractivity contribution in [2.24, 2.45) is 0 Å². The van der Waals surface area contributed by atoms with Gasteiger partial charge < -0.3 is 0 Å². The first-order valence-electron chi connectivity index (χ1n) is 3.58. The maximum atomic E-state index is 4.03. The standard InChI is InChI=1S/C10H8N/c1-8-2-3-9-4-5-11-7-10(9)6-8/h2,4-7H,1H3. The maximum Gasteiger partial charge on any atom is 0.0346 e. The van der Waals surface area contributed by atoms with Crippen LogP contribution in [0.4, 0.5) is 0 Å². The summed E-state index contributed by atoms with van der Waals surface area (Å²) >= 11 is 0. The predicted molar refractivity (Wildman–Crippen MR) is 45.3 cm³/mol. The molecule has 53 valence electrons. The van der Waals surface area contributed by atoms with E-state index in [4.69, 9.17) is 0 Å². The van der Waals surface area contributed by atoms with Crippen molar-refractivity contribution in [2.75, 3.05) is 0 Å². The van der Waals surface area contributed by atoms with Crippen LogP contribution in [0, 0.1) is 13.0 Å². The third-order valence-electron chi connectivity index (χ3n) is 1.69. The molecule has 1 radical (unpaired) electrons. The van der Waals surface area contributed by atoms with Crippen LogP contribution in [0.1, 0.15) is 5.56 Å². The zero-order valence-electron chi connectivity index (χ0n) is 6.33. The fraction of sp³-hybridized carbons (Fsp3) is 0.100. The molecule has 0 aliphatic heterocycles. The fourth-order valence-electron chi connectivity index (χ4n) is 1.13. The van der Waals surface area contributed by atoms with Gasteiger partial charge in [0.25, 0.3) is 0 Å². The molecule has 11 heavy (non-hydrogen) atoms. The van der Waals surface area contributed by atoms with Gasteiger partial charge in [-0.1, -0.05) is 6.07 Å². The van der Waals surface area contributed by atoms with E-state index < -0.39 is 0 Å². The molecule has 0 saturated carbocycles. The highest BCUT2D eigenvalue weighted by Crippen LogP contribution is 2.12. The minimum Gasteiger partial charge on any atom is -0.264 e. The van der Waals surface area contributed by atoms with Crippen molar-refractivity contribution in [1.29, 1.82) is 0 Å². The smallest absolute Gasteiger partial charge is 0.0346 e. The molecular formula is C10H8N. The van der Waals surface area contributed by atoms with Gasteiger partial charge in [0.2, 0.25) is 0 Å². The molecule has 2 aromatic rings. The Hall–Kier alpha value is -1.37. The lowest BCUT2D eigenvalue weighted by Crippen LogP contribution is -1.76. The van der Waals surface area contributed by atoms with E-state index in [1.807, 2.05) is 18.3 Å². The molecule has 0 bridgehead atoms. The molecule has 0 N–H and O–H groups in total. The third-order valence-corrected chi connectivity index (χ3v) is 1.69. The normalized spacial score (nSPS) is 10.3. The van der Waals surface area contributed by atoms with Crippen LogP contribution in [0.3, 0.4) is 0 Å². The minimum atomic E-state index is 1.13. The zero-order valence-corrected chi connectivity index (χ0v) is 6.33. The van der Waals surface area contributed by atoms with Crippen molar-refractivity contribution in [1.82, 2.24) is 4.98 Å². The van der Waals surface area contributed by atoms with Gasteiger partial charge in [0.1, 0.15) is 0 Å². The summed E-state index contributed by atoms with van der Waals surface area (Å²) in [6.07, 6.45) is 3.65. The lowest BCUT2D eigenvalue weighted by Gasteiger charge is -1.95. The average molecular weight is 142 g/mol. The molecule has 1 aromatic carbocycles. The Kier molecular flexibility index (Phi) is 1.35. The molecule has 0 amide bonds. The van der Waals surface area contributed by atoms with Gasteiger partial charge >= 0.3 is 0 Å². The number of pyridine rings is 1. The number of fused-ring (bicyclic) bond motifs is 1. The Bertz CT molecular complexity index is 379. The summed E-state index contributed by atoms with van der Waals surface area (Å²) in [5.41, 5.74) is 1.23. The molecule has 2 rings (SSSR count). The van der Waals surface area contributed by atoms with Gasteiger partial charge in [-0.3, -0.25) is 4.98 Å². The maximum absolute atomic E-state index is 4.03. The molecular weight excluding hydrogens is 134 g/mol. The van der Waals surface area contributed by atoms with E-state index in [1.165, 1.54) is 5.56 Å². The van der Waals surface area contributed by atoms with Gasteiger partial charge in [-0.05, 0) is 36.1 Å².